The lowest BCUT2D eigenvalue weighted by Gasteiger charge is -2.09. The molecule has 2 rings (SSSR count). The second-order valence-electron chi connectivity index (χ2n) is 3.95. The molecule has 0 bridgehead atoms. The van der Waals surface area contributed by atoms with Crippen LogP contribution in [-0.4, -0.2) is 15.4 Å². The third-order valence-corrected chi connectivity index (χ3v) is 4.32. The van der Waals surface area contributed by atoms with Gasteiger partial charge in [0.25, 0.3) is 0 Å². The van der Waals surface area contributed by atoms with Crippen molar-refractivity contribution in [3.63, 3.8) is 0 Å². The van der Waals surface area contributed by atoms with Crippen molar-refractivity contribution in [3.8, 4) is 0 Å². The molecule has 1 aromatic heterocycles. The van der Waals surface area contributed by atoms with Crippen LogP contribution in [0.4, 0.5) is 4.39 Å². The van der Waals surface area contributed by atoms with Gasteiger partial charge < -0.3 is 5.73 Å². The van der Waals surface area contributed by atoms with E-state index in [4.69, 9.17) is 5.73 Å². The molecule has 0 spiro atoms. The number of aromatic nitrogens is 2. The predicted octanol–water partition coefficient (Wildman–Crippen LogP) is 3.11. The van der Waals surface area contributed by atoms with Gasteiger partial charge in [-0.3, -0.25) is 0 Å². The molecule has 0 saturated heterocycles. The lowest BCUT2D eigenvalue weighted by Crippen LogP contribution is -2.21. The first-order valence-electron chi connectivity index (χ1n) is 5.67. The average Bonchev–Trinajstić information content (AvgIpc) is 2.85. The summed E-state index contributed by atoms with van der Waals surface area (Å²) >= 11 is 2.55. The Bertz CT molecular complexity index is 502. The van der Waals surface area contributed by atoms with Crippen molar-refractivity contribution >= 4 is 23.3 Å². The van der Waals surface area contributed by atoms with E-state index in [1.807, 2.05) is 13.0 Å². The Labute approximate surface area is 114 Å². The summed E-state index contributed by atoms with van der Waals surface area (Å²) in [6.45, 7) is 2.03. The van der Waals surface area contributed by atoms with Gasteiger partial charge in [0.1, 0.15) is 12.1 Å². The summed E-state index contributed by atoms with van der Waals surface area (Å²) in [7, 11) is 0. The molecule has 0 aliphatic rings. The molecule has 0 radical (unpaired) electrons. The van der Waals surface area contributed by atoms with Crippen LogP contribution in [0.3, 0.4) is 0 Å². The molecule has 2 N–H and O–H groups in total. The Morgan fingerprint density at radius 1 is 1.50 bits per heavy atom. The van der Waals surface area contributed by atoms with E-state index in [-0.39, 0.29) is 11.9 Å². The van der Waals surface area contributed by atoms with Crippen LogP contribution < -0.4 is 5.73 Å². The lowest BCUT2D eigenvalue weighted by atomic mass is 10.0. The van der Waals surface area contributed by atoms with Gasteiger partial charge in [0.2, 0.25) is 0 Å². The van der Waals surface area contributed by atoms with E-state index in [1.165, 1.54) is 29.6 Å². The predicted molar refractivity (Wildman–Crippen MR) is 72.4 cm³/mol. The quantitative estimate of drug-likeness (QED) is 0.916. The van der Waals surface area contributed by atoms with E-state index in [0.717, 1.165) is 16.3 Å². The summed E-state index contributed by atoms with van der Waals surface area (Å²) in [6, 6.07) is 5.34. The second-order valence-corrected chi connectivity index (χ2v) is 6.02. The molecule has 0 fully saturated rings. The summed E-state index contributed by atoms with van der Waals surface area (Å²) < 4.78 is 18.5. The van der Waals surface area contributed by atoms with Gasteiger partial charge in [0.05, 0.1) is 4.90 Å². The number of rotatable bonds is 5. The van der Waals surface area contributed by atoms with E-state index in [2.05, 4.69) is 9.36 Å². The van der Waals surface area contributed by atoms with Gasteiger partial charge in [0, 0.05) is 6.04 Å². The van der Waals surface area contributed by atoms with Crippen LogP contribution >= 0.6 is 23.3 Å². The van der Waals surface area contributed by atoms with Gasteiger partial charge in [-0.05, 0) is 42.1 Å². The fourth-order valence-corrected chi connectivity index (χ4v) is 2.91. The summed E-state index contributed by atoms with van der Waals surface area (Å²) in [5, 5.41) is 0. The fraction of sp³-hybridized carbons (Fsp3) is 0.333. The Morgan fingerprint density at radius 3 is 2.94 bits per heavy atom. The third-order valence-electron chi connectivity index (χ3n) is 2.56. The molecule has 0 aliphatic carbocycles. The van der Waals surface area contributed by atoms with Crippen LogP contribution in [0.1, 0.15) is 18.9 Å². The number of halogens is 1. The molecule has 0 aliphatic heterocycles. The van der Waals surface area contributed by atoms with E-state index < -0.39 is 0 Å². The van der Waals surface area contributed by atoms with Crippen LogP contribution in [-0.2, 0) is 6.42 Å². The Balaban J connectivity index is 2.10. The zero-order chi connectivity index (χ0) is 13.0. The standard InChI is InChI=1S/C12H14FN3S2/c1-2-9(14)5-8-3-4-11(10(13)6-8)17-12-15-7-16-18-12/h3-4,6-7,9H,2,5,14H2,1H3. The second kappa shape index (κ2) is 6.26. The van der Waals surface area contributed by atoms with Crippen molar-refractivity contribution in [2.45, 2.75) is 35.0 Å². The first-order chi connectivity index (χ1) is 8.69. The molecule has 1 atom stereocenters. The minimum atomic E-state index is -0.226. The molecule has 3 nitrogen and oxygen atoms in total. The molecule has 1 unspecified atom stereocenters. The Morgan fingerprint density at radius 2 is 2.33 bits per heavy atom. The minimum absolute atomic E-state index is 0.0889. The largest absolute Gasteiger partial charge is 0.327 e. The number of nitrogens with two attached hydrogens (primary N) is 1. The zero-order valence-electron chi connectivity index (χ0n) is 9.97. The minimum Gasteiger partial charge on any atom is -0.327 e. The van der Waals surface area contributed by atoms with E-state index in [1.54, 1.807) is 12.1 Å². The Kier molecular flexibility index (Phi) is 4.68. The smallest absolute Gasteiger partial charge is 0.174 e. The van der Waals surface area contributed by atoms with Crippen molar-refractivity contribution in [2.75, 3.05) is 0 Å². The molecule has 1 aromatic carbocycles. The lowest BCUT2D eigenvalue weighted by molar-refractivity contribution is 0.593. The van der Waals surface area contributed by atoms with Crippen LogP contribution in [0.15, 0.2) is 33.8 Å². The number of benzene rings is 1. The van der Waals surface area contributed by atoms with Gasteiger partial charge in [-0.25, -0.2) is 9.37 Å². The van der Waals surface area contributed by atoms with Gasteiger partial charge in [0.15, 0.2) is 4.34 Å². The average molecular weight is 283 g/mol. The molecule has 2 aromatic rings. The normalized spacial score (nSPS) is 12.6. The molecular weight excluding hydrogens is 269 g/mol. The molecule has 1 heterocycles. The highest BCUT2D eigenvalue weighted by atomic mass is 32.2. The van der Waals surface area contributed by atoms with Crippen molar-refractivity contribution in [3.05, 3.63) is 35.9 Å². The number of hydrogen-bond acceptors (Lipinski definition) is 5. The van der Waals surface area contributed by atoms with Crippen LogP contribution in [0.25, 0.3) is 0 Å². The maximum Gasteiger partial charge on any atom is 0.174 e. The zero-order valence-corrected chi connectivity index (χ0v) is 11.6. The highest BCUT2D eigenvalue weighted by Gasteiger charge is 2.09. The van der Waals surface area contributed by atoms with E-state index in [9.17, 15) is 4.39 Å². The van der Waals surface area contributed by atoms with Gasteiger partial charge in [-0.2, -0.15) is 4.37 Å². The molecule has 6 heteroatoms. The first kappa shape index (κ1) is 13.5. The van der Waals surface area contributed by atoms with Crippen LogP contribution in [0, 0.1) is 5.82 Å². The monoisotopic (exact) mass is 283 g/mol. The number of nitrogens with zero attached hydrogens (tertiary/aromatic N) is 2. The van der Waals surface area contributed by atoms with Crippen LogP contribution in [0.2, 0.25) is 0 Å². The number of hydrogen-bond donors (Lipinski definition) is 1. The highest BCUT2D eigenvalue weighted by Crippen LogP contribution is 2.30. The van der Waals surface area contributed by atoms with E-state index in [0.29, 0.717) is 11.3 Å². The van der Waals surface area contributed by atoms with Gasteiger partial charge >= 0.3 is 0 Å². The molecule has 18 heavy (non-hydrogen) atoms. The Hall–Kier alpha value is -0.980. The SMILES string of the molecule is CCC(N)Cc1ccc(Sc2ncns2)c(F)c1. The molecule has 96 valence electrons. The van der Waals surface area contributed by atoms with Crippen molar-refractivity contribution in [1.82, 2.24) is 9.36 Å². The fourth-order valence-electron chi connectivity index (χ4n) is 1.50. The summed E-state index contributed by atoms with van der Waals surface area (Å²) in [6.07, 6.45) is 3.07. The van der Waals surface area contributed by atoms with Crippen molar-refractivity contribution in [2.24, 2.45) is 5.73 Å². The summed E-state index contributed by atoms with van der Waals surface area (Å²) in [5.41, 5.74) is 6.79. The van der Waals surface area contributed by atoms with Crippen molar-refractivity contribution in [1.29, 1.82) is 0 Å². The summed E-state index contributed by atoms with van der Waals surface area (Å²) in [5.74, 6) is -0.226. The third kappa shape index (κ3) is 3.51. The maximum absolute atomic E-state index is 13.9. The first-order valence-corrected chi connectivity index (χ1v) is 7.26. The highest BCUT2D eigenvalue weighted by molar-refractivity contribution is 8.01. The van der Waals surface area contributed by atoms with Gasteiger partial charge in [-0.15, -0.1) is 0 Å². The van der Waals surface area contributed by atoms with Gasteiger partial charge in [-0.1, -0.05) is 24.8 Å². The molecular formula is C12H14FN3S2. The summed E-state index contributed by atoms with van der Waals surface area (Å²) in [4.78, 5) is 4.59. The van der Waals surface area contributed by atoms with Crippen LogP contribution in [0.5, 0.6) is 0 Å². The topological polar surface area (TPSA) is 51.8 Å². The maximum atomic E-state index is 13.9. The molecule has 0 saturated carbocycles. The van der Waals surface area contributed by atoms with Crippen molar-refractivity contribution < 1.29 is 4.39 Å². The van der Waals surface area contributed by atoms with E-state index >= 15 is 0 Å². The molecule has 0 amide bonds.